The molecule has 1 aromatic rings. The highest BCUT2D eigenvalue weighted by Crippen LogP contribution is 2.19. The van der Waals surface area contributed by atoms with E-state index in [0.29, 0.717) is 6.61 Å². The molecule has 0 N–H and O–H groups in total. The van der Waals surface area contributed by atoms with Crippen LogP contribution in [0.1, 0.15) is 71.1 Å². The summed E-state index contributed by atoms with van der Waals surface area (Å²) in [6.45, 7) is 2.69. The van der Waals surface area contributed by atoms with Crippen molar-refractivity contribution >= 4 is 0 Å². The van der Waals surface area contributed by atoms with Crippen LogP contribution < -0.4 is 4.74 Å². The molecule has 3 heteroatoms. The lowest BCUT2D eigenvalue weighted by molar-refractivity contribution is 0.284. The normalized spacial score (nSPS) is 10.8. The van der Waals surface area contributed by atoms with Gasteiger partial charge in [0.25, 0.3) is 0 Å². The van der Waals surface area contributed by atoms with Crippen LogP contribution in [0.5, 0.6) is 5.75 Å². The summed E-state index contributed by atoms with van der Waals surface area (Å²) in [4.78, 5) is 0. The van der Waals surface area contributed by atoms with Crippen molar-refractivity contribution in [1.29, 1.82) is 0 Å². The Labute approximate surface area is 127 Å². The maximum absolute atomic E-state index is 13.3. The first-order chi connectivity index (χ1) is 10.3. The van der Waals surface area contributed by atoms with E-state index in [1.54, 1.807) is 0 Å². The number of rotatable bonds is 12. The number of ether oxygens (including phenoxy) is 1. The van der Waals surface area contributed by atoms with Gasteiger partial charge in [-0.2, -0.15) is 4.39 Å². The van der Waals surface area contributed by atoms with Crippen LogP contribution in [0.2, 0.25) is 0 Å². The van der Waals surface area contributed by atoms with Gasteiger partial charge in [0.1, 0.15) is 0 Å². The molecule has 1 rings (SSSR count). The fourth-order valence-electron chi connectivity index (χ4n) is 2.37. The largest absolute Gasteiger partial charge is 0.490 e. The first kappa shape index (κ1) is 17.9. The molecule has 0 saturated heterocycles. The summed E-state index contributed by atoms with van der Waals surface area (Å²) in [5.74, 6) is -1.72. The molecule has 0 radical (unpaired) electrons. The smallest absolute Gasteiger partial charge is 0.200 e. The molecular weight excluding hydrogens is 270 g/mol. The predicted molar refractivity (Wildman–Crippen MR) is 83.7 cm³/mol. The standard InChI is InChI=1S/C18H28F2O/c1-2-3-4-5-6-7-8-9-10-11-15-21-17-14-12-13-16(19)18(17)20/h12-14H,2-11,15H2,1H3. The van der Waals surface area contributed by atoms with Gasteiger partial charge in [-0.3, -0.25) is 0 Å². The minimum absolute atomic E-state index is 0.0194. The first-order valence-corrected chi connectivity index (χ1v) is 8.32. The molecule has 0 unspecified atom stereocenters. The molecule has 0 heterocycles. The maximum atomic E-state index is 13.3. The molecule has 0 bridgehead atoms. The number of unbranched alkanes of at least 4 members (excludes halogenated alkanes) is 9. The van der Waals surface area contributed by atoms with Crippen molar-refractivity contribution in [3.8, 4) is 5.75 Å². The molecule has 0 aromatic heterocycles. The van der Waals surface area contributed by atoms with Gasteiger partial charge in [-0.05, 0) is 18.6 Å². The van der Waals surface area contributed by atoms with Crippen LogP contribution >= 0.6 is 0 Å². The summed E-state index contributed by atoms with van der Waals surface area (Å²) in [5.41, 5.74) is 0. The van der Waals surface area contributed by atoms with E-state index in [1.165, 1.54) is 63.5 Å². The Morgan fingerprint density at radius 2 is 1.38 bits per heavy atom. The van der Waals surface area contributed by atoms with Gasteiger partial charge in [-0.15, -0.1) is 0 Å². The number of benzene rings is 1. The van der Waals surface area contributed by atoms with Crippen LogP contribution in [0.25, 0.3) is 0 Å². The molecule has 0 amide bonds. The molecule has 0 spiro atoms. The summed E-state index contributed by atoms with van der Waals surface area (Å²) in [6.07, 6.45) is 12.5. The Hall–Kier alpha value is -1.12. The molecule has 1 aromatic carbocycles. The van der Waals surface area contributed by atoms with Crippen LogP contribution in [0.3, 0.4) is 0 Å². The van der Waals surface area contributed by atoms with E-state index in [1.807, 2.05) is 0 Å². The van der Waals surface area contributed by atoms with Gasteiger partial charge in [0, 0.05) is 0 Å². The molecule has 0 saturated carbocycles. The highest BCUT2D eigenvalue weighted by molar-refractivity contribution is 5.24. The number of hydrogen-bond donors (Lipinski definition) is 0. The Bertz CT molecular complexity index is 379. The van der Waals surface area contributed by atoms with E-state index in [4.69, 9.17) is 4.74 Å². The van der Waals surface area contributed by atoms with Crippen LogP contribution in [0.15, 0.2) is 18.2 Å². The Morgan fingerprint density at radius 3 is 2.00 bits per heavy atom. The number of hydrogen-bond acceptors (Lipinski definition) is 1. The van der Waals surface area contributed by atoms with Crippen molar-refractivity contribution in [2.24, 2.45) is 0 Å². The third-order valence-corrected chi connectivity index (χ3v) is 3.67. The van der Waals surface area contributed by atoms with Gasteiger partial charge < -0.3 is 4.74 Å². The first-order valence-electron chi connectivity index (χ1n) is 8.32. The van der Waals surface area contributed by atoms with Crippen LogP contribution in [0.4, 0.5) is 8.78 Å². The lowest BCUT2D eigenvalue weighted by Gasteiger charge is -2.07. The van der Waals surface area contributed by atoms with Crippen molar-refractivity contribution < 1.29 is 13.5 Å². The second-order valence-corrected chi connectivity index (χ2v) is 5.58. The minimum Gasteiger partial charge on any atom is -0.490 e. The number of halogens is 2. The van der Waals surface area contributed by atoms with Crippen molar-refractivity contribution in [1.82, 2.24) is 0 Å². The summed E-state index contributed by atoms with van der Waals surface area (Å²) in [5, 5.41) is 0. The summed E-state index contributed by atoms with van der Waals surface area (Å²) in [7, 11) is 0. The third-order valence-electron chi connectivity index (χ3n) is 3.67. The molecule has 0 fully saturated rings. The summed E-state index contributed by atoms with van der Waals surface area (Å²) >= 11 is 0. The van der Waals surface area contributed by atoms with E-state index in [2.05, 4.69) is 6.92 Å². The zero-order chi connectivity index (χ0) is 15.3. The maximum Gasteiger partial charge on any atom is 0.200 e. The monoisotopic (exact) mass is 298 g/mol. The van der Waals surface area contributed by atoms with Crippen molar-refractivity contribution in [3.63, 3.8) is 0 Å². The zero-order valence-corrected chi connectivity index (χ0v) is 13.2. The summed E-state index contributed by atoms with van der Waals surface area (Å²) < 4.78 is 31.5. The second kappa shape index (κ2) is 11.5. The van der Waals surface area contributed by atoms with Crippen LogP contribution in [0, 0.1) is 11.6 Å². The van der Waals surface area contributed by atoms with Crippen molar-refractivity contribution in [2.45, 2.75) is 71.1 Å². The van der Waals surface area contributed by atoms with E-state index in [-0.39, 0.29) is 5.75 Å². The van der Waals surface area contributed by atoms with Crippen LogP contribution in [-0.4, -0.2) is 6.61 Å². The fourth-order valence-corrected chi connectivity index (χ4v) is 2.37. The van der Waals surface area contributed by atoms with Gasteiger partial charge in [0.05, 0.1) is 6.61 Å². The van der Waals surface area contributed by atoms with Gasteiger partial charge >= 0.3 is 0 Å². The third kappa shape index (κ3) is 8.03. The molecule has 21 heavy (non-hydrogen) atoms. The van der Waals surface area contributed by atoms with E-state index in [9.17, 15) is 8.78 Å². The lowest BCUT2D eigenvalue weighted by Crippen LogP contribution is -2.00. The van der Waals surface area contributed by atoms with E-state index in [0.717, 1.165) is 18.9 Å². The van der Waals surface area contributed by atoms with Gasteiger partial charge in [-0.25, -0.2) is 4.39 Å². The van der Waals surface area contributed by atoms with Crippen molar-refractivity contribution in [3.05, 3.63) is 29.8 Å². The SMILES string of the molecule is CCCCCCCCCCCCOc1cccc(F)c1F. The topological polar surface area (TPSA) is 9.23 Å². The molecule has 0 aliphatic rings. The molecule has 0 atom stereocenters. The zero-order valence-electron chi connectivity index (χ0n) is 13.2. The Balaban J connectivity index is 1.94. The lowest BCUT2D eigenvalue weighted by atomic mass is 10.1. The second-order valence-electron chi connectivity index (χ2n) is 5.58. The van der Waals surface area contributed by atoms with Crippen LogP contribution in [-0.2, 0) is 0 Å². The predicted octanol–water partition coefficient (Wildman–Crippen LogP) is 6.26. The molecule has 0 aliphatic heterocycles. The Morgan fingerprint density at radius 1 is 0.810 bits per heavy atom. The average molecular weight is 298 g/mol. The average Bonchev–Trinajstić information content (AvgIpc) is 2.49. The summed E-state index contributed by atoms with van der Waals surface area (Å²) in [6, 6.07) is 4.03. The molecule has 0 aliphatic carbocycles. The van der Waals surface area contributed by atoms with E-state index < -0.39 is 11.6 Å². The molecule has 1 nitrogen and oxygen atoms in total. The van der Waals surface area contributed by atoms with Gasteiger partial charge in [0.2, 0.25) is 5.82 Å². The molecular formula is C18H28F2O. The fraction of sp³-hybridized carbons (Fsp3) is 0.667. The molecule has 120 valence electrons. The minimum atomic E-state index is -0.885. The van der Waals surface area contributed by atoms with Gasteiger partial charge in [-0.1, -0.05) is 70.8 Å². The highest BCUT2D eigenvalue weighted by atomic mass is 19.2. The quantitative estimate of drug-likeness (QED) is 0.413. The van der Waals surface area contributed by atoms with Crippen molar-refractivity contribution in [2.75, 3.05) is 6.61 Å². The highest BCUT2D eigenvalue weighted by Gasteiger charge is 2.07. The van der Waals surface area contributed by atoms with E-state index >= 15 is 0 Å². The van der Waals surface area contributed by atoms with Gasteiger partial charge in [0.15, 0.2) is 11.6 Å². The Kier molecular flexibility index (Phi) is 9.84.